The maximum Gasteiger partial charge on any atom is 0.233 e. The first kappa shape index (κ1) is 12.7. The van der Waals surface area contributed by atoms with E-state index in [0.717, 1.165) is 4.47 Å². The standard InChI is InChI=1S/C11H7Br2ClN2O/c12-8-3-6(14)1-2-10(8)17-11-9(13)4-7(15)5-16-11/h1-5H,15H2. The number of anilines is 1. The molecule has 0 atom stereocenters. The minimum Gasteiger partial charge on any atom is -0.437 e. The Labute approximate surface area is 120 Å². The summed E-state index contributed by atoms with van der Waals surface area (Å²) in [5.41, 5.74) is 6.16. The number of aromatic nitrogens is 1. The van der Waals surface area contributed by atoms with Crippen LogP contribution in [-0.2, 0) is 0 Å². The van der Waals surface area contributed by atoms with Crippen molar-refractivity contribution in [1.82, 2.24) is 4.98 Å². The van der Waals surface area contributed by atoms with Gasteiger partial charge in [-0.05, 0) is 56.1 Å². The Morgan fingerprint density at radius 3 is 2.59 bits per heavy atom. The molecule has 2 N–H and O–H groups in total. The number of benzene rings is 1. The first-order valence-corrected chi connectivity index (χ1v) is 6.56. The van der Waals surface area contributed by atoms with Gasteiger partial charge >= 0.3 is 0 Å². The molecule has 0 fully saturated rings. The predicted octanol–water partition coefficient (Wildman–Crippen LogP) is 4.63. The zero-order valence-electron chi connectivity index (χ0n) is 8.45. The molecule has 2 aromatic rings. The van der Waals surface area contributed by atoms with Gasteiger partial charge in [-0.25, -0.2) is 4.98 Å². The molecular formula is C11H7Br2ClN2O. The fourth-order valence-corrected chi connectivity index (χ4v) is 2.39. The molecule has 1 aromatic heterocycles. The van der Waals surface area contributed by atoms with Crippen LogP contribution in [0.25, 0.3) is 0 Å². The van der Waals surface area contributed by atoms with E-state index in [1.165, 1.54) is 6.20 Å². The van der Waals surface area contributed by atoms with Crippen molar-refractivity contribution < 1.29 is 4.74 Å². The number of pyridine rings is 1. The van der Waals surface area contributed by atoms with E-state index in [9.17, 15) is 0 Å². The summed E-state index contributed by atoms with van der Waals surface area (Å²) in [6.45, 7) is 0. The second-order valence-corrected chi connectivity index (χ2v) is 5.38. The van der Waals surface area contributed by atoms with E-state index < -0.39 is 0 Å². The molecule has 0 radical (unpaired) electrons. The molecule has 1 heterocycles. The van der Waals surface area contributed by atoms with Crippen molar-refractivity contribution in [2.75, 3.05) is 5.73 Å². The number of nitrogen functional groups attached to an aromatic ring is 1. The molecule has 0 aliphatic carbocycles. The summed E-state index contributed by atoms with van der Waals surface area (Å²) in [6.07, 6.45) is 1.53. The van der Waals surface area contributed by atoms with Crippen LogP contribution in [0.4, 0.5) is 5.69 Å². The Morgan fingerprint density at radius 1 is 1.18 bits per heavy atom. The van der Waals surface area contributed by atoms with E-state index in [2.05, 4.69) is 36.8 Å². The fourth-order valence-electron chi connectivity index (χ4n) is 1.18. The highest BCUT2D eigenvalue weighted by molar-refractivity contribution is 9.11. The SMILES string of the molecule is Nc1cnc(Oc2ccc(Cl)cc2Br)c(Br)c1. The molecule has 0 saturated carbocycles. The van der Waals surface area contributed by atoms with Crippen molar-refractivity contribution in [3.8, 4) is 11.6 Å². The summed E-state index contributed by atoms with van der Waals surface area (Å²) >= 11 is 12.5. The smallest absolute Gasteiger partial charge is 0.233 e. The summed E-state index contributed by atoms with van der Waals surface area (Å²) in [5, 5.41) is 0.633. The van der Waals surface area contributed by atoms with Crippen LogP contribution in [-0.4, -0.2) is 4.98 Å². The Hall–Kier alpha value is -0.780. The molecule has 0 unspecified atom stereocenters. The third kappa shape index (κ3) is 3.12. The lowest BCUT2D eigenvalue weighted by molar-refractivity contribution is 0.457. The first-order valence-electron chi connectivity index (χ1n) is 4.60. The Kier molecular flexibility index (Phi) is 3.91. The van der Waals surface area contributed by atoms with Crippen molar-refractivity contribution >= 4 is 49.1 Å². The number of hydrogen-bond acceptors (Lipinski definition) is 3. The van der Waals surface area contributed by atoms with Gasteiger partial charge in [0, 0.05) is 5.02 Å². The van der Waals surface area contributed by atoms with Crippen LogP contribution in [0.15, 0.2) is 39.4 Å². The number of ether oxygens (including phenoxy) is 1. The third-order valence-electron chi connectivity index (χ3n) is 1.93. The number of halogens is 3. The minimum absolute atomic E-state index is 0.447. The molecule has 17 heavy (non-hydrogen) atoms. The van der Waals surface area contributed by atoms with E-state index in [1.54, 1.807) is 24.3 Å². The Bertz CT molecular complexity index is 514. The van der Waals surface area contributed by atoms with E-state index in [0.29, 0.717) is 26.8 Å². The van der Waals surface area contributed by atoms with Crippen LogP contribution in [0.1, 0.15) is 0 Å². The summed E-state index contributed by atoms with van der Waals surface area (Å²) in [4.78, 5) is 4.09. The summed E-state index contributed by atoms with van der Waals surface area (Å²) < 4.78 is 7.08. The molecule has 3 nitrogen and oxygen atoms in total. The molecule has 0 aliphatic rings. The lowest BCUT2D eigenvalue weighted by Gasteiger charge is -2.08. The fraction of sp³-hybridized carbons (Fsp3) is 0. The number of hydrogen-bond donors (Lipinski definition) is 1. The average molecular weight is 378 g/mol. The second kappa shape index (κ2) is 5.25. The first-order chi connectivity index (χ1) is 8.06. The predicted molar refractivity (Wildman–Crippen MR) is 75.6 cm³/mol. The third-order valence-corrected chi connectivity index (χ3v) is 3.35. The van der Waals surface area contributed by atoms with E-state index in [4.69, 9.17) is 22.1 Å². The van der Waals surface area contributed by atoms with Gasteiger partial charge < -0.3 is 10.5 Å². The summed E-state index contributed by atoms with van der Waals surface area (Å²) in [7, 11) is 0. The topological polar surface area (TPSA) is 48.1 Å². The molecule has 0 aliphatic heterocycles. The van der Waals surface area contributed by atoms with Crippen LogP contribution in [0.3, 0.4) is 0 Å². The Balaban J connectivity index is 2.31. The highest BCUT2D eigenvalue weighted by Gasteiger charge is 2.08. The number of nitrogens with zero attached hydrogens (tertiary/aromatic N) is 1. The van der Waals surface area contributed by atoms with Crippen molar-refractivity contribution in [3.63, 3.8) is 0 Å². The molecule has 0 spiro atoms. The van der Waals surface area contributed by atoms with Gasteiger partial charge in [0.2, 0.25) is 5.88 Å². The van der Waals surface area contributed by atoms with Gasteiger partial charge in [-0.1, -0.05) is 11.6 Å². The average Bonchev–Trinajstić information content (AvgIpc) is 2.25. The lowest BCUT2D eigenvalue weighted by atomic mass is 10.3. The van der Waals surface area contributed by atoms with Gasteiger partial charge in [-0.2, -0.15) is 0 Å². The molecule has 1 aromatic carbocycles. The van der Waals surface area contributed by atoms with Crippen LogP contribution in [0, 0.1) is 0 Å². The largest absolute Gasteiger partial charge is 0.437 e. The van der Waals surface area contributed by atoms with Gasteiger partial charge in [0.05, 0.1) is 20.8 Å². The van der Waals surface area contributed by atoms with Gasteiger partial charge in [0.1, 0.15) is 5.75 Å². The zero-order chi connectivity index (χ0) is 12.4. The second-order valence-electron chi connectivity index (χ2n) is 3.23. The van der Waals surface area contributed by atoms with E-state index >= 15 is 0 Å². The molecular weight excluding hydrogens is 371 g/mol. The van der Waals surface area contributed by atoms with Crippen molar-refractivity contribution in [2.45, 2.75) is 0 Å². The monoisotopic (exact) mass is 376 g/mol. The molecule has 0 amide bonds. The van der Waals surface area contributed by atoms with Crippen LogP contribution < -0.4 is 10.5 Å². The van der Waals surface area contributed by atoms with Crippen LogP contribution in [0.2, 0.25) is 5.02 Å². The molecule has 0 saturated heterocycles. The van der Waals surface area contributed by atoms with Gasteiger partial charge in [-0.15, -0.1) is 0 Å². The highest BCUT2D eigenvalue weighted by Crippen LogP contribution is 2.34. The highest BCUT2D eigenvalue weighted by atomic mass is 79.9. The molecule has 6 heteroatoms. The molecule has 2 rings (SSSR count). The van der Waals surface area contributed by atoms with E-state index in [1.807, 2.05) is 0 Å². The van der Waals surface area contributed by atoms with Gasteiger partial charge in [0.15, 0.2) is 0 Å². The summed E-state index contributed by atoms with van der Waals surface area (Å²) in [5.74, 6) is 1.08. The lowest BCUT2D eigenvalue weighted by Crippen LogP contribution is -1.92. The van der Waals surface area contributed by atoms with Crippen molar-refractivity contribution in [1.29, 1.82) is 0 Å². The summed E-state index contributed by atoms with van der Waals surface area (Å²) in [6, 6.07) is 6.98. The van der Waals surface area contributed by atoms with Crippen LogP contribution >= 0.6 is 43.5 Å². The zero-order valence-corrected chi connectivity index (χ0v) is 12.4. The maximum absolute atomic E-state index is 5.85. The quantitative estimate of drug-likeness (QED) is 0.829. The Morgan fingerprint density at radius 2 is 1.94 bits per heavy atom. The molecule has 88 valence electrons. The van der Waals surface area contributed by atoms with Gasteiger partial charge in [-0.3, -0.25) is 0 Å². The number of nitrogens with two attached hydrogens (primary N) is 1. The normalized spacial score (nSPS) is 10.3. The van der Waals surface area contributed by atoms with Gasteiger partial charge in [0.25, 0.3) is 0 Å². The molecule has 0 bridgehead atoms. The number of rotatable bonds is 2. The van der Waals surface area contributed by atoms with Crippen molar-refractivity contribution in [3.05, 3.63) is 44.4 Å². The van der Waals surface area contributed by atoms with Crippen LogP contribution in [0.5, 0.6) is 11.6 Å². The minimum atomic E-state index is 0.447. The van der Waals surface area contributed by atoms with E-state index in [-0.39, 0.29) is 0 Å². The maximum atomic E-state index is 5.85. The van der Waals surface area contributed by atoms with Crippen molar-refractivity contribution in [2.24, 2.45) is 0 Å².